The number of anilines is 2. The van der Waals surface area contributed by atoms with E-state index in [-0.39, 0.29) is 11.5 Å². The molecule has 3 N–H and O–H groups in total. The summed E-state index contributed by atoms with van der Waals surface area (Å²) in [5.74, 6) is 1.57. The van der Waals surface area contributed by atoms with Crippen LogP contribution in [0.4, 0.5) is 11.5 Å². The maximum absolute atomic E-state index is 11.7. The average Bonchev–Trinajstić information content (AvgIpc) is 2.40. The van der Waals surface area contributed by atoms with Crippen LogP contribution < -0.4 is 16.2 Å². The summed E-state index contributed by atoms with van der Waals surface area (Å²) in [6, 6.07) is 9.20. The molecule has 0 unspecified atom stereocenters. The van der Waals surface area contributed by atoms with Crippen molar-refractivity contribution in [3.05, 3.63) is 52.1 Å². The number of nitrogen functional groups attached to an aromatic ring is 1. The normalized spacial score (nSPS) is 10.8. The average molecular weight is 272 g/mol. The molecule has 1 aromatic carbocycles. The smallest absolute Gasteiger partial charge is 0.252 e. The molecule has 106 valence electrons. The third-order valence-corrected chi connectivity index (χ3v) is 3.08. The minimum atomic E-state index is -0.122. The highest BCUT2D eigenvalue weighted by Gasteiger charge is 2.09. The molecule has 0 aliphatic rings. The topological polar surface area (TPSA) is 75.0 Å². The molecule has 2 rings (SSSR count). The lowest BCUT2D eigenvalue weighted by atomic mass is 10.2. The Balaban J connectivity index is 2.22. The van der Waals surface area contributed by atoms with Crippen LogP contribution in [0.15, 0.2) is 35.1 Å². The first-order valence-electron chi connectivity index (χ1n) is 6.62. The van der Waals surface area contributed by atoms with Crippen molar-refractivity contribution in [3.63, 3.8) is 0 Å². The van der Waals surface area contributed by atoms with Crippen molar-refractivity contribution in [2.24, 2.45) is 0 Å². The molecular formula is C15H20N4O. The van der Waals surface area contributed by atoms with Gasteiger partial charge in [-0.25, -0.2) is 4.98 Å². The predicted molar refractivity (Wildman–Crippen MR) is 81.9 cm³/mol. The first-order chi connectivity index (χ1) is 9.45. The van der Waals surface area contributed by atoms with E-state index in [1.165, 1.54) is 6.07 Å². The van der Waals surface area contributed by atoms with E-state index >= 15 is 0 Å². The Bertz CT molecular complexity index is 631. The molecule has 5 nitrogen and oxygen atoms in total. The van der Waals surface area contributed by atoms with Crippen LogP contribution in [0.3, 0.4) is 0 Å². The van der Waals surface area contributed by atoms with Crippen LogP contribution in [-0.4, -0.2) is 17.0 Å². The Hall–Kier alpha value is -2.30. The minimum Gasteiger partial charge on any atom is -0.399 e. The van der Waals surface area contributed by atoms with Gasteiger partial charge in [0.15, 0.2) is 0 Å². The highest BCUT2D eigenvalue weighted by molar-refractivity contribution is 5.42. The molecule has 5 heteroatoms. The van der Waals surface area contributed by atoms with Gasteiger partial charge in [-0.2, -0.15) is 0 Å². The summed E-state index contributed by atoms with van der Waals surface area (Å²) in [6.07, 6.45) is 0. The van der Waals surface area contributed by atoms with Crippen LogP contribution in [0.1, 0.15) is 31.2 Å². The highest BCUT2D eigenvalue weighted by Crippen LogP contribution is 2.15. The van der Waals surface area contributed by atoms with Gasteiger partial charge in [0.2, 0.25) is 0 Å². The number of aromatic nitrogens is 2. The number of hydrogen-bond donors (Lipinski definition) is 2. The SMILES string of the molecule is CC(C)c1nc(N(C)Cc2ccc(N)cc2)cc(=O)[nH]1. The monoisotopic (exact) mass is 272 g/mol. The Labute approximate surface area is 118 Å². The summed E-state index contributed by atoms with van der Waals surface area (Å²) in [6.45, 7) is 4.68. The van der Waals surface area contributed by atoms with Crippen molar-refractivity contribution < 1.29 is 0 Å². The Morgan fingerprint density at radius 2 is 1.95 bits per heavy atom. The second-order valence-corrected chi connectivity index (χ2v) is 5.24. The zero-order chi connectivity index (χ0) is 14.7. The van der Waals surface area contributed by atoms with Crippen LogP contribution >= 0.6 is 0 Å². The fourth-order valence-corrected chi connectivity index (χ4v) is 1.91. The first kappa shape index (κ1) is 14.1. The number of rotatable bonds is 4. The van der Waals surface area contributed by atoms with Gasteiger partial charge in [-0.15, -0.1) is 0 Å². The van der Waals surface area contributed by atoms with Crippen LogP contribution in [0, 0.1) is 0 Å². The minimum absolute atomic E-state index is 0.122. The van der Waals surface area contributed by atoms with Crippen molar-refractivity contribution in [2.45, 2.75) is 26.3 Å². The van der Waals surface area contributed by atoms with Crippen LogP contribution in [-0.2, 0) is 6.54 Å². The van der Waals surface area contributed by atoms with E-state index in [1.54, 1.807) is 0 Å². The summed E-state index contributed by atoms with van der Waals surface area (Å²) in [5, 5.41) is 0. The van der Waals surface area contributed by atoms with E-state index in [0.717, 1.165) is 11.3 Å². The quantitative estimate of drug-likeness (QED) is 0.836. The largest absolute Gasteiger partial charge is 0.399 e. The first-order valence-corrected chi connectivity index (χ1v) is 6.62. The Morgan fingerprint density at radius 3 is 2.55 bits per heavy atom. The van der Waals surface area contributed by atoms with E-state index in [4.69, 9.17) is 5.73 Å². The van der Waals surface area contributed by atoms with Crippen molar-refractivity contribution in [2.75, 3.05) is 17.7 Å². The summed E-state index contributed by atoms with van der Waals surface area (Å²) in [4.78, 5) is 20.9. The maximum Gasteiger partial charge on any atom is 0.252 e. The number of H-pyrrole nitrogens is 1. The number of hydrogen-bond acceptors (Lipinski definition) is 4. The summed E-state index contributed by atoms with van der Waals surface area (Å²) < 4.78 is 0. The lowest BCUT2D eigenvalue weighted by Crippen LogP contribution is -2.22. The summed E-state index contributed by atoms with van der Waals surface area (Å²) in [5.41, 5.74) is 7.41. The molecule has 2 aromatic rings. The number of aromatic amines is 1. The van der Waals surface area contributed by atoms with Crippen molar-refractivity contribution >= 4 is 11.5 Å². The zero-order valence-electron chi connectivity index (χ0n) is 12.1. The molecule has 0 bridgehead atoms. The molecule has 0 fully saturated rings. The fraction of sp³-hybridized carbons (Fsp3) is 0.333. The van der Waals surface area contributed by atoms with Crippen molar-refractivity contribution in [1.29, 1.82) is 0 Å². The summed E-state index contributed by atoms with van der Waals surface area (Å²) in [7, 11) is 1.92. The van der Waals surface area contributed by atoms with Gasteiger partial charge in [0.25, 0.3) is 5.56 Å². The van der Waals surface area contributed by atoms with Gasteiger partial charge in [-0.05, 0) is 17.7 Å². The molecule has 0 aliphatic carbocycles. The number of nitrogens with one attached hydrogen (secondary N) is 1. The van der Waals surface area contributed by atoms with Gasteiger partial charge in [-0.1, -0.05) is 26.0 Å². The van der Waals surface area contributed by atoms with Crippen molar-refractivity contribution in [1.82, 2.24) is 9.97 Å². The number of benzene rings is 1. The third-order valence-electron chi connectivity index (χ3n) is 3.08. The third kappa shape index (κ3) is 3.38. The van der Waals surface area contributed by atoms with E-state index in [0.29, 0.717) is 18.2 Å². The molecule has 0 aliphatic heterocycles. The number of nitrogens with zero attached hydrogens (tertiary/aromatic N) is 2. The van der Waals surface area contributed by atoms with Gasteiger partial charge in [-0.3, -0.25) is 4.79 Å². The van der Waals surface area contributed by atoms with Gasteiger partial charge >= 0.3 is 0 Å². The standard InChI is InChI=1S/C15H20N4O/c1-10(2)15-17-13(8-14(20)18-15)19(3)9-11-4-6-12(16)7-5-11/h4-8,10H,9,16H2,1-3H3,(H,17,18,20). The molecular weight excluding hydrogens is 252 g/mol. The lowest BCUT2D eigenvalue weighted by molar-refractivity contribution is 0.754. The van der Waals surface area contributed by atoms with Gasteiger partial charge in [0.05, 0.1) is 0 Å². The summed E-state index contributed by atoms with van der Waals surface area (Å²) >= 11 is 0. The van der Waals surface area contributed by atoms with E-state index in [1.807, 2.05) is 50.1 Å². The van der Waals surface area contributed by atoms with Gasteiger partial charge < -0.3 is 15.6 Å². The lowest BCUT2D eigenvalue weighted by Gasteiger charge is -2.19. The van der Waals surface area contributed by atoms with E-state index in [9.17, 15) is 4.79 Å². The molecule has 0 spiro atoms. The molecule has 1 aromatic heterocycles. The van der Waals surface area contributed by atoms with E-state index < -0.39 is 0 Å². The molecule has 20 heavy (non-hydrogen) atoms. The molecule has 0 atom stereocenters. The molecule has 0 saturated heterocycles. The molecule has 0 saturated carbocycles. The Morgan fingerprint density at radius 1 is 1.30 bits per heavy atom. The molecule has 0 radical (unpaired) electrons. The zero-order valence-corrected chi connectivity index (χ0v) is 12.1. The van der Waals surface area contributed by atoms with Gasteiger partial charge in [0, 0.05) is 31.3 Å². The van der Waals surface area contributed by atoms with E-state index in [2.05, 4.69) is 9.97 Å². The second kappa shape index (κ2) is 5.77. The van der Waals surface area contributed by atoms with Crippen molar-refractivity contribution in [3.8, 4) is 0 Å². The highest BCUT2D eigenvalue weighted by atomic mass is 16.1. The molecule has 1 heterocycles. The van der Waals surface area contributed by atoms with Crippen LogP contribution in [0.25, 0.3) is 0 Å². The van der Waals surface area contributed by atoms with Crippen LogP contribution in [0.2, 0.25) is 0 Å². The van der Waals surface area contributed by atoms with Gasteiger partial charge in [0.1, 0.15) is 11.6 Å². The maximum atomic E-state index is 11.7. The van der Waals surface area contributed by atoms with Crippen LogP contribution in [0.5, 0.6) is 0 Å². The number of nitrogens with two attached hydrogens (primary N) is 1. The fourth-order valence-electron chi connectivity index (χ4n) is 1.91. The second-order valence-electron chi connectivity index (χ2n) is 5.24. The Kier molecular flexibility index (Phi) is 4.08. The predicted octanol–water partition coefficient (Wildman–Crippen LogP) is 2.11. The molecule has 0 amide bonds.